The van der Waals surface area contributed by atoms with Crippen LogP contribution in [0.1, 0.15) is 0 Å². The summed E-state index contributed by atoms with van der Waals surface area (Å²) in [7, 11) is 0. The van der Waals surface area contributed by atoms with Gasteiger partial charge in [0.25, 0.3) is 0 Å². The van der Waals surface area contributed by atoms with Gasteiger partial charge in [-0.2, -0.15) is 0 Å². The van der Waals surface area contributed by atoms with Crippen LogP contribution in [0.15, 0.2) is 218 Å². The fourth-order valence-electron chi connectivity index (χ4n) is 8.48. The molecule has 2 heteroatoms. The van der Waals surface area contributed by atoms with Gasteiger partial charge in [0.2, 0.25) is 0 Å². The number of hydrogen-bond donors (Lipinski definition) is 0. The Morgan fingerprint density at radius 2 is 0.732 bits per heavy atom. The average molecular weight is 713 g/mol. The van der Waals surface area contributed by atoms with Gasteiger partial charge in [0.1, 0.15) is 0 Å². The third-order valence-electron chi connectivity index (χ3n) is 11.3. The second-order valence-electron chi connectivity index (χ2n) is 14.6. The molecule has 0 atom stereocenters. The maximum Gasteiger partial charge on any atom is 0.0547 e. The second-order valence-corrected chi connectivity index (χ2v) is 14.6. The van der Waals surface area contributed by atoms with Crippen LogP contribution in [-0.4, -0.2) is 4.57 Å². The van der Waals surface area contributed by atoms with E-state index >= 15 is 0 Å². The number of anilines is 3. The molecule has 0 saturated heterocycles. The summed E-state index contributed by atoms with van der Waals surface area (Å²) in [5.41, 5.74) is 11.8. The highest BCUT2D eigenvalue weighted by molar-refractivity contribution is 6.13. The van der Waals surface area contributed by atoms with Crippen LogP contribution in [0.3, 0.4) is 0 Å². The monoisotopic (exact) mass is 712 g/mol. The molecular weight excluding hydrogens is 677 g/mol. The highest BCUT2D eigenvalue weighted by Gasteiger charge is 2.15. The summed E-state index contributed by atoms with van der Waals surface area (Å²) in [6, 6.07) is 79.5. The first-order valence-corrected chi connectivity index (χ1v) is 19.2. The van der Waals surface area contributed by atoms with E-state index in [9.17, 15) is 0 Å². The molecule has 10 aromatic carbocycles. The summed E-state index contributed by atoms with van der Waals surface area (Å²) >= 11 is 0. The van der Waals surface area contributed by atoms with E-state index in [4.69, 9.17) is 0 Å². The zero-order chi connectivity index (χ0) is 37.0. The number of hydrogen-bond acceptors (Lipinski definition) is 1. The Kier molecular flexibility index (Phi) is 7.53. The van der Waals surface area contributed by atoms with Crippen molar-refractivity contribution < 1.29 is 0 Å². The fraction of sp³-hybridized carbons (Fsp3) is 0. The van der Waals surface area contributed by atoms with E-state index in [0.717, 1.165) is 17.1 Å². The lowest BCUT2D eigenvalue weighted by Crippen LogP contribution is -2.09. The Morgan fingerprint density at radius 3 is 1.41 bits per heavy atom. The molecule has 0 spiro atoms. The molecular formula is C54H36N2. The van der Waals surface area contributed by atoms with Gasteiger partial charge < -0.3 is 9.47 Å². The van der Waals surface area contributed by atoms with E-state index in [-0.39, 0.29) is 0 Å². The maximum atomic E-state index is 2.42. The minimum Gasteiger partial charge on any atom is -0.311 e. The first-order chi connectivity index (χ1) is 27.7. The Morgan fingerprint density at radius 1 is 0.268 bits per heavy atom. The van der Waals surface area contributed by atoms with Crippen molar-refractivity contribution in [2.45, 2.75) is 0 Å². The van der Waals surface area contributed by atoms with E-state index < -0.39 is 0 Å². The zero-order valence-electron chi connectivity index (χ0n) is 30.7. The Bertz CT molecular complexity index is 3230. The van der Waals surface area contributed by atoms with E-state index in [1.807, 2.05) is 0 Å². The van der Waals surface area contributed by atoms with Crippen LogP contribution in [0.25, 0.3) is 82.1 Å². The van der Waals surface area contributed by atoms with Crippen molar-refractivity contribution in [3.63, 3.8) is 0 Å². The Balaban J connectivity index is 0.921. The quantitative estimate of drug-likeness (QED) is 0.167. The Labute approximate surface area is 325 Å². The third kappa shape index (κ3) is 5.51. The average Bonchev–Trinajstić information content (AvgIpc) is 3.59. The van der Waals surface area contributed by atoms with Crippen LogP contribution in [0, 0.1) is 0 Å². The minimum absolute atomic E-state index is 1.11. The zero-order valence-corrected chi connectivity index (χ0v) is 30.7. The van der Waals surface area contributed by atoms with Gasteiger partial charge in [-0.3, -0.25) is 0 Å². The van der Waals surface area contributed by atoms with Crippen molar-refractivity contribution in [1.82, 2.24) is 4.57 Å². The molecule has 0 N–H and O–H groups in total. The molecule has 1 aromatic heterocycles. The number of aromatic nitrogens is 1. The highest BCUT2D eigenvalue weighted by Crippen LogP contribution is 2.39. The van der Waals surface area contributed by atoms with Gasteiger partial charge in [0, 0.05) is 33.5 Å². The summed E-state index contributed by atoms with van der Waals surface area (Å²) in [5.74, 6) is 0. The van der Waals surface area contributed by atoms with Gasteiger partial charge in [-0.1, -0.05) is 140 Å². The summed E-state index contributed by atoms with van der Waals surface area (Å²) in [4.78, 5) is 2.33. The van der Waals surface area contributed by atoms with Crippen molar-refractivity contribution in [3.8, 4) is 27.9 Å². The van der Waals surface area contributed by atoms with Crippen molar-refractivity contribution in [3.05, 3.63) is 218 Å². The SMILES string of the molecule is c1ccc(N(c2ccc(-c3ccc4ccccc4c3)cc2)c2ccc(-c3ccc4cc(-n5c6ccccc6c6cc7ccccc7cc65)ccc4c3)cc2)cc1. The molecule has 56 heavy (non-hydrogen) atoms. The number of rotatable bonds is 6. The predicted octanol–water partition coefficient (Wildman–Crippen LogP) is 15.0. The molecule has 1 heterocycles. The van der Waals surface area contributed by atoms with Gasteiger partial charge in [-0.15, -0.1) is 0 Å². The summed E-state index contributed by atoms with van der Waals surface area (Å²) in [6.07, 6.45) is 0. The molecule has 0 saturated carbocycles. The first kappa shape index (κ1) is 32.0. The molecule has 0 unspecified atom stereocenters. The predicted molar refractivity (Wildman–Crippen MR) is 239 cm³/mol. The lowest BCUT2D eigenvalue weighted by Gasteiger charge is -2.26. The Hall–Kier alpha value is -7.42. The van der Waals surface area contributed by atoms with Crippen molar-refractivity contribution in [2.75, 3.05) is 4.90 Å². The molecule has 11 aromatic rings. The van der Waals surface area contributed by atoms with Crippen LogP contribution in [0.5, 0.6) is 0 Å². The maximum absolute atomic E-state index is 2.42. The van der Waals surface area contributed by atoms with Crippen LogP contribution < -0.4 is 4.90 Å². The lowest BCUT2D eigenvalue weighted by atomic mass is 10.00. The topological polar surface area (TPSA) is 8.17 Å². The molecule has 0 aliphatic rings. The summed E-state index contributed by atoms with van der Waals surface area (Å²) < 4.78 is 2.42. The van der Waals surface area contributed by atoms with Gasteiger partial charge in [0.15, 0.2) is 0 Å². The molecule has 0 amide bonds. The smallest absolute Gasteiger partial charge is 0.0547 e. The van der Waals surface area contributed by atoms with Gasteiger partial charge >= 0.3 is 0 Å². The minimum atomic E-state index is 1.11. The molecule has 0 aliphatic heterocycles. The van der Waals surface area contributed by atoms with E-state index in [2.05, 4.69) is 228 Å². The van der Waals surface area contributed by atoms with Crippen LogP contribution in [0.2, 0.25) is 0 Å². The van der Waals surface area contributed by atoms with Crippen LogP contribution in [0.4, 0.5) is 17.1 Å². The van der Waals surface area contributed by atoms with Gasteiger partial charge in [0.05, 0.1) is 11.0 Å². The molecule has 0 bridgehead atoms. The third-order valence-corrected chi connectivity index (χ3v) is 11.3. The van der Waals surface area contributed by atoms with Crippen molar-refractivity contribution in [1.29, 1.82) is 0 Å². The number of benzene rings is 10. The van der Waals surface area contributed by atoms with Gasteiger partial charge in [-0.05, 0) is 133 Å². The number of fused-ring (bicyclic) bond motifs is 6. The lowest BCUT2D eigenvalue weighted by molar-refractivity contribution is 1.19. The standard InChI is InChI=1S/C54H36N2/c1-2-14-47(15-3-1)55(48-27-22-38(23-28-48)43-19-18-37-10-4-5-11-40(37)32-43)49-29-24-39(25-30-49)44-20-21-46-34-50(31-26-45(46)33-44)56-53-17-9-8-16-51(53)52-35-41-12-6-7-13-42(41)36-54(52)56/h1-36H. The molecule has 262 valence electrons. The second kappa shape index (κ2) is 13.2. The normalized spacial score (nSPS) is 11.6. The molecule has 0 fully saturated rings. The summed E-state index contributed by atoms with van der Waals surface area (Å²) in [6.45, 7) is 0. The van der Waals surface area contributed by atoms with E-state index in [1.54, 1.807) is 0 Å². The summed E-state index contributed by atoms with van der Waals surface area (Å²) in [5, 5.41) is 10.0. The van der Waals surface area contributed by atoms with Crippen molar-refractivity contribution in [2.24, 2.45) is 0 Å². The molecule has 11 rings (SSSR count). The largest absolute Gasteiger partial charge is 0.311 e. The van der Waals surface area contributed by atoms with Gasteiger partial charge in [-0.25, -0.2) is 0 Å². The molecule has 0 aliphatic carbocycles. The number of nitrogens with zero attached hydrogens (tertiary/aromatic N) is 2. The number of para-hydroxylation sites is 2. The van der Waals surface area contributed by atoms with E-state index in [0.29, 0.717) is 0 Å². The molecule has 0 radical (unpaired) electrons. The van der Waals surface area contributed by atoms with Crippen LogP contribution in [-0.2, 0) is 0 Å². The fourth-order valence-corrected chi connectivity index (χ4v) is 8.48. The van der Waals surface area contributed by atoms with Crippen molar-refractivity contribution >= 4 is 71.2 Å². The molecule has 2 nitrogen and oxygen atoms in total. The van der Waals surface area contributed by atoms with Crippen LogP contribution >= 0.6 is 0 Å². The van der Waals surface area contributed by atoms with E-state index in [1.165, 1.54) is 82.1 Å². The highest BCUT2D eigenvalue weighted by atomic mass is 15.1. The first-order valence-electron chi connectivity index (χ1n) is 19.2.